The summed E-state index contributed by atoms with van der Waals surface area (Å²) in [7, 11) is 0. The van der Waals surface area contributed by atoms with Gasteiger partial charge in [0.05, 0.1) is 12.0 Å². The van der Waals surface area contributed by atoms with Gasteiger partial charge in [0.2, 0.25) is 11.8 Å². The van der Waals surface area contributed by atoms with E-state index in [0.717, 1.165) is 0 Å². The fourth-order valence-corrected chi connectivity index (χ4v) is 5.04. The standard InChI is InChI=1S/C17H18N2O6S.Na/c1-17(2)11(16(24)25)19-13(21)10(14(19)26-17)18-12(20)9(15(22)23)8-6-4-3-5-7-8;/h3-7,9-11,14H,1-2H3,(H,18,20)(H,22,23)(H,24,25);/q;+1/p-1. The van der Waals surface area contributed by atoms with Gasteiger partial charge < -0.3 is 25.2 Å². The van der Waals surface area contributed by atoms with Gasteiger partial charge in [-0.1, -0.05) is 30.3 Å². The van der Waals surface area contributed by atoms with E-state index in [1.165, 1.54) is 28.8 Å². The van der Waals surface area contributed by atoms with Gasteiger partial charge in [0.15, 0.2) is 5.92 Å². The van der Waals surface area contributed by atoms with Gasteiger partial charge in [0.25, 0.3) is 0 Å². The van der Waals surface area contributed by atoms with E-state index >= 15 is 0 Å². The van der Waals surface area contributed by atoms with Crippen molar-refractivity contribution in [2.45, 2.75) is 42.0 Å². The molecular formula is C17H17N2NaO6S. The number of benzene rings is 1. The molecule has 27 heavy (non-hydrogen) atoms. The summed E-state index contributed by atoms with van der Waals surface area (Å²) >= 11 is 1.25. The molecular weight excluding hydrogens is 383 g/mol. The molecule has 4 atom stereocenters. The first-order valence-corrected chi connectivity index (χ1v) is 8.82. The third-order valence-electron chi connectivity index (χ3n) is 4.60. The topological polar surface area (TPSA) is 127 Å². The van der Waals surface area contributed by atoms with Crippen molar-refractivity contribution in [3.05, 3.63) is 35.9 Å². The molecule has 10 heteroatoms. The number of hydrogen-bond donors (Lipinski definition) is 2. The molecule has 0 radical (unpaired) electrons. The Kier molecular flexibility index (Phi) is 6.30. The Labute approximate surface area is 182 Å². The molecule has 1 aromatic rings. The Morgan fingerprint density at radius 1 is 1.26 bits per heavy atom. The van der Waals surface area contributed by atoms with E-state index in [4.69, 9.17) is 0 Å². The maximum Gasteiger partial charge on any atom is 1.00 e. The number of nitrogens with zero attached hydrogens (tertiary/aromatic N) is 1. The number of hydrogen-bond acceptors (Lipinski definition) is 6. The maximum absolute atomic E-state index is 12.5. The molecule has 2 N–H and O–H groups in total. The van der Waals surface area contributed by atoms with Crippen molar-refractivity contribution in [3.8, 4) is 0 Å². The number of aliphatic carboxylic acids is 2. The average molecular weight is 400 g/mol. The number of carbonyl (C=O) groups excluding carboxylic acids is 3. The first kappa shape index (κ1) is 21.7. The van der Waals surface area contributed by atoms with Crippen LogP contribution in [0.1, 0.15) is 25.3 Å². The molecule has 0 saturated carbocycles. The van der Waals surface area contributed by atoms with Gasteiger partial charge in [0.1, 0.15) is 11.4 Å². The van der Waals surface area contributed by atoms with Gasteiger partial charge >= 0.3 is 35.5 Å². The van der Waals surface area contributed by atoms with Crippen LogP contribution in [0.3, 0.4) is 0 Å². The summed E-state index contributed by atoms with van der Waals surface area (Å²) in [6.07, 6.45) is 0. The van der Waals surface area contributed by atoms with Crippen molar-refractivity contribution in [2.75, 3.05) is 0 Å². The van der Waals surface area contributed by atoms with Gasteiger partial charge in [0, 0.05) is 4.75 Å². The quantitative estimate of drug-likeness (QED) is 0.294. The van der Waals surface area contributed by atoms with Crippen LogP contribution in [0.25, 0.3) is 0 Å². The number of fused-ring (bicyclic) bond motifs is 1. The Morgan fingerprint density at radius 3 is 2.37 bits per heavy atom. The Bertz CT molecular complexity index is 787. The van der Waals surface area contributed by atoms with Gasteiger partial charge in [-0.05, 0) is 19.4 Å². The van der Waals surface area contributed by atoms with Crippen molar-refractivity contribution < 1.29 is 58.9 Å². The predicted octanol–water partition coefficient (Wildman–Crippen LogP) is -3.84. The van der Waals surface area contributed by atoms with E-state index in [1.807, 2.05) is 0 Å². The van der Waals surface area contributed by atoms with E-state index < -0.39 is 51.9 Å². The Hall–Kier alpha value is -1.55. The van der Waals surface area contributed by atoms with Crippen LogP contribution >= 0.6 is 11.8 Å². The van der Waals surface area contributed by atoms with E-state index in [0.29, 0.717) is 5.56 Å². The molecule has 1 aromatic carbocycles. The summed E-state index contributed by atoms with van der Waals surface area (Å²) in [5, 5.41) is 22.7. The summed E-state index contributed by atoms with van der Waals surface area (Å²) in [6.45, 7) is 3.37. The van der Waals surface area contributed by atoms with Gasteiger partial charge in [-0.15, -0.1) is 11.8 Å². The molecule has 2 aliphatic heterocycles. The maximum atomic E-state index is 12.5. The zero-order chi connectivity index (χ0) is 19.2. The normalized spacial score (nSPS) is 26.2. The molecule has 2 saturated heterocycles. The second kappa shape index (κ2) is 7.83. The monoisotopic (exact) mass is 400 g/mol. The number of nitrogens with one attached hydrogen (secondary N) is 1. The summed E-state index contributed by atoms with van der Waals surface area (Å²) in [5.41, 5.74) is 0.299. The zero-order valence-electron chi connectivity index (χ0n) is 15.0. The second-order valence-electron chi connectivity index (χ2n) is 6.75. The number of β-lactam (4-membered cyclic amide) rings is 1. The third-order valence-corrected chi connectivity index (χ3v) is 6.18. The average Bonchev–Trinajstić information content (AvgIpc) is 2.82. The van der Waals surface area contributed by atoms with Crippen molar-refractivity contribution in [1.82, 2.24) is 10.2 Å². The fourth-order valence-electron chi connectivity index (χ4n) is 3.41. The Morgan fingerprint density at radius 2 is 1.85 bits per heavy atom. The largest absolute Gasteiger partial charge is 1.00 e. The fraction of sp³-hybridized carbons (Fsp3) is 0.412. The van der Waals surface area contributed by atoms with Gasteiger partial charge in [-0.2, -0.15) is 0 Å². The molecule has 0 bridgehead atoms. The molecule has 2 heterocycles. The van der Waals surface area contributed by atoms with Crippen molar-refractivity contribution in [2.24, 2.45) is 0 Å². The molecule has 0 aromatic heterocycles. The van der Waals surface area contributed by atoms with Crippen LogP contribution in [0.4, 0.5) is 0 Å². The SMILES string of the molecule is CC1(C)SC2C(NC(=O)C(C(=O)O)c3ccccc3)C(=O)N2C1C(=O)[O-].[Na+]. The van der Waals surface area contributed by atoms with Crippen LogP contribution in [0, 0.1) is 0 Å². The molecule has 0 spiro atoms. The molecule has 0 aliphatic carbocycles. The smallest absolute Gasteiger partial charge is 0.548 e. The summed E-state index contributed by atoms with van der Waals surface area (Å²) in [4.78, 5) is 49.0. The number of thioether (sulfide) groups is 1. The minimum absolute atomic E-state index is 0. The minimum atomic E-state index is -1.45. The van der Waals surface area contributed by atoms with E-state index in [9.17, 15) is 29.4 Å². The van der Waals surface area contributed by atoms with Crippen molar-refractivity contribution in [3.63, 3.8) is 0 Å². The molecule has 138 valence electrons. The molecule has 3 rings (SSSR count). The predicted molar refractivity (Wildman–Crippen MR) is 89.8 cm³/mol. The Balaban J connectivity index is 0.00000261. The number of carbonyl (C=O) groups is 4. The zero-order valence-corrected chi connectivity index (χ0v) is 17.9. The van der Waals surface area contributed by atoms with E-state index in [2.05, 4.69) is 5.32 Å². The van der Waals surface area contributed by atoms with Crippen molar-refractivity contribution in [1.29, 1.82) is 0 Å². The summed E-state index contributed by atoms with van der Waals surface area (Å²) in [5.74, 6) is -5.49. The number of carboxylic acid groups (broad SMARTS) is 2. The molecule has 4 unspecified atom stereocenters. The molecule has 2 aliphatic rings. The van der Waals surface area contributed by atoms with Crippen LogP contribution in [-0.2, 0) is 19.2 Å². The second-order valence-corrected chi connectivity index (χ2v) is 8.52. The summed E-state index contributed by atoms with van der Waals surface area (Å²) < 4.78 is -0.774. The van der Waals surface area contributed by atoms with Crippen LogP contribution in [0.2, 0.25) is 0 Å². The van der Waals surface area contributed by atoms with Crippen LogP contribution < -0.4 is 40.0 Å². The molecule has 2 fully saturated rings. The minimum Gasteiger partial charge on any atom is -0.548 e. The van der Waals surface area contributed by atoms with E-state index in [-0.39, 0.29) is 29.6 Å². The first-order chi connectivity index (χ1) is 12.1. The van der Waals surface area contributed by atoms with Crippen LogP contribution in [0.15, 0.2) is 30.3 Å². The number of carboxylic acids is 2. The molecule has 8 nitrogen and oxygen atoms in total. The first-order valence-electron chi connectivity index (χ1n) is 7.94. The summed E-state index contributed by atoms with van der Waals surface area (Å²) in [6, 6.07) is 5.93. The molecule has 2 amide bonds. The third kappa shape index (κ3) is 3.73. The van der Waals surface area contributed by atoms with Crippen LogP contribution in [-0.4, -0.2) is 56.0 Å². The van der Waals surface area contributed by atoms with Gasteiger partial charge in [-0.25, -0.2) is 0 Å². The van der Waals surface area contributed by atoms with Crippen LogP contribution in [0.5, 0.6) is 0 Å². The van der Waals surface area contributed by atoms with Gasteiger partial charge in [-0.3, -0.25) is 14.4 Å². The number of amides is 2. The van der Waals surface area contributed by atoms with E-state index in [1.54, 1.807) is 32.0 Å². The van der Waals surface area contributed by atoms with Crippen molar-refractivity contribution >= 4 is 35.5 Å². The number of rotatable bonds is 5.